The molecule has 0 fully saturated rings. The average molecular weight is 195 g/mol. The number of nitrogens with zero attached hydrogens (tertiary/aromatic N) is 1. The minimum atomic E-state index is 0.154. The number of hydrogen-bond donors (Lipinski definition) is 2. The largest absolute Gasteiger partial charge is 0.319 e. The molecule has 0 aromatic carbocycles. The summed E-state index contributed by atoms with van der Waals surface area (Å²) in [5.41, 5.74) is 2.30. The average Bonchev–Trinajstić information content (AvgIpc) is 2.45. The predicted octanol–water partition coefficient (Wildman–Crippen LogP) is 0.0377. The first-order valence-electron chi connectivity index (χ1n) is 5.13. The van der Waals surface area contributed by atoms with E-state index in [2.05, 4.69) is 10.4 Å². The third-order valence-electron chi connectivity index (χ3n) is 3.02. The van der Waals surface area contributed by atoms with Gasteiger partial charge in [0.25, 0.3) is 5.56 Å². The molecule has 0 saturated heterocycles. The van der Waals surface area contributed by atoms with E-state index in [0.717, 1.165) is 30.6 Å². The van der Waals surface area contributed by atoms with Crippen molar-refractivity contribution >= 4 is 0 Å². The number of H-pyrrole nitrogens is 1. The van der Waals surface area contributed by atoms with Gasteiger partial charge in [0.05, 0.1) is 0 Å². The molecule has 78 valence electrons. The third kappa shape index (κ3) is 1.50. The molecule has 4 heteroatoms. The summed E-state index contributed by atoms with van der Waals surface area (Å²) >= 11 is 0. The molecule has 1 aromatic rings. The topological polar surface area (TPSA) is 49.8 Å². The molecule has 0 saturated carbocycles. The van der Waals surface area contributed by atoms with E-state index in [0.29, 0.717) is 5.92 Å². The summed E-state index contributed by atoms with van der Waals surface area (Å²) in [6.45, 7) is 1.01. The van der Waals surface area contributed by atoms with Crippen molar-refractivity contribution in [3.63, 3.8) is 0 Å². The second-order valence-electron chi connectivity index (χ2n) is 4.10. The Bertz CT molecular complexity index is 377. The monoisotopic (exact) mass is 195 g/mol. The molecule has 14 heavy (non-hydrogen) atoms. The standard InChI is InChI=1S/C10H17N3O/c1-11-6-7-3-4-9-8(5-7)10(14)13(2)12-9/h7,11-12H,3-6H2,1-2H3. The van der Waals surface area contributed by atoms with Crippen LogP contribution in [0.25, 0.3) is 0 Å². The summed E-state index contributed by atoms with van der Waals surface area (Å²) in [5, 5.41) is 6.29. The Morgan fingerprint density at radius 1 is 1.64 bits per heavy atom. The Morgan fingerprint density at radius 3 is 3.14 bits per heavy atom. The van der Waals surface area contributed by atoms with Crippen LogP contribution >= 0.6 is 0 Å². The fourth-order valence-electron chi connectivity index (χ4n) is 2.27. The minimum absolute atomic E-state index is 0.154. The Kier molecular flexibility index (Phi) is 2.46. The molecule has 0 aliphatic heterocycles. The highest BCUT2D eigenvalue weighted by molar-refractivity contribution is 5.21. The number of aryl methyl sites for hydroxylation is 2. The van der Waals surface area contributed by atoms with E-state index in [1.54, 1.807) is 11.7 Å². The molecule has 0 radical (unpaired) electrons. The molecule has 1 unspecified atom stereocenters. The number of rotatable bonds is 2. The van der Waals surface area contributed by atoms with Crippen LogP contribution in [0.4, 0.5) is 0 Å². The van der Waals surface area contributed by atoms with Crippen molar-refractivity contribution in [1.82, 2.24) is 15.1 Å². The van der Waals surface area contributed by atoms with Gasteiger partial charge in [0.2, 0.25) is 0 Å². The maximum atomic E-state index is 11.7. The Labute approximate surface area is 83.3 Å². The zero-order chi connectivity index (χ0) is 10.1. The van der Waals surface area contributed by atoms with Gasteiger partial charge in [-0.25, -0.2) is 0 Å². The van der Waals surface area contributed by atoms with Crippen molar-refractivity contribution in [2.24, 2.45) is 13.0 Å². The van der Waals surface area contributed by atoms with Crippen LogP contribution in [0.3, 0.4) is 0 Å². The maximum absolute atomic E-state index is 11.7. The van der Waals surface area contributed by atoms with Gasteiger partial charge in [-0.3, -0.25) is 14.6 Å². The van der Waals surface area contributed by atoms with Gasteiger partial charge in [0.15, 0.2) is 0 Å². The lowest BCUT2D eigenvalue weighted by molar-refractivity contribution is 0.437. The van der Waals surface area contributed by atoms with Crippen LogP contribution in [0.2, 0.25) is 0 Å². The fourth-order valence-corrected chi connectivity index (χ4v) is 2.27. The second kappa shape index (κ2) is 3.61. The quantitative estimate of drug-likeness (QED) is 0.700. The van der Waals surface area contributed by atoms with Crippen molar-refractivity contribution in [2.75, 3.05) is 13.6 Å². The van der Waals surface area contributed by atoms with Gasteiger partial charge in [0.1, 0.15) is 0 Å². The highest BCUT2D eigenvalue weighted by Crippen LogP contribution is 2.21. The van der Waals surface area contributed by atoms with Crippen LogP contribution in [-0.2, 0) is 19.9 Å². The molecule has 4 nitrogen and oxygen atoms in total. The van der Waals surface area contributed by atoms with Gasteiger partial charge in [-0.15, -0.1) is 0 Å². The fraction of sp³-hybridized carbons (Fsp3) is 0.700. The summed E-state index contributed by atoms with van der Waals surface area (Å²) < 4.78 is 1.59. The summed E-state index contributed by atoms with van der Waals surface area (Å²) in [7, 11) is 3.75. The zero-order valence-electron chi connectivity index (χ0n) is 8.76. The lowest BCUT2D eigenvalue weighted by Crippen LogP contribution is -2.27. The predicted molar refractivity (Wildman–Crippen MR) is 55.5 cm³/mol. The molecule has 2 rings (SSSR count). The van der Waals surface area contributed by atoms with Gasteiger partial charge in [-0.1, -0.05) is 0 Å². The molecule has 0 bridgehead atoms. The SMILES string of the molecule is CNCC1CCc2[nH]n(C)c(=O)c2C1. The first-order valence-corrected chi connectivity index (χ1v) is 5.13. The Hall–Kier alpha value is -1.03. The Morgan fingerprint density at radius 2 is 2.43 bits per heavy atom. The molecule has 1 aliphatic carbocycles. The van der Waals surface area contributed by atoms with Crippen LogP contribution in [-0.4, -0.2) is 23.4 Å². The van der Waals surface area contributed by atoms with Gasteiger partial charge < -0.3 is 5.32 Å². The first-order chi connectivity index (χ1) is 6.72. The van der Waals surface area contributed by atoms with Gasteiger partial charge in [-0.05, 0) is 38.8 Å². The molecule has 0 amide bonds. The summed E-state index contributed by atoms with van der Waals surface area (Å²) in [6, 6.07) is 0. The van der Waals surface area contributed by atoms with E-state index in [4.69, 9.17) is 0 Å². The van der Waals surface area contributed by atoms with Crippen molar-refractivity contribution in [3.05, 3.63) is 21.6 Å². The smallest absolute Gasteiger partial charge is 0.269 e. The summed E-state index contributed by atoms with van der Waals surface area (Å²) in [6.07, 6.45) is 3.11. The van der Waals surface area contributed by atoms with Crippen molar-refractivity contribution < 1.29 is 0 Å². The number of fused-ring (bicyclic) bond motifs is 1. The lowest BCUT2D eigenvalue weighted by Gasteiger charge is -2.20. The summed E-state index contributed by atoms with van der Waals surface area (Å²) in [4.78, 5) is 11.7. The highest BCUT2D eigenvalue weighted by atomic mass is 16.1. The van der Waals surface area contributed by atoms with E-state index in [-0.39, 0.29) is 5.56 Å². The van der Waals surface area contributed by atoms with Gasteiger partial charge in [0, 0.05) is 18.3 Å². The van der Waals surface area contributed by atoms with Crippen molar-refractivity contribution in [2.45, 2.75) is 19.3 Å². The van der Waals surface area contributed by atoms with E-state index >= 15 is 0 Å². The maximum Gasteiger partial charge on any atom is 0.269 e. The lowest BCUT2D eigenvalue weighted by atomic mass is 9.88. The molecular formula is C10H17N3O. The normalized spacial score (nSPS) is 20.9. The minimum Gasteiger partial charge on any atom is -0.319 e. The Balaban J connectivity index is 2.25. The van der Waals surface area contributed by atoms with Gasteiger partial charge in [-0.2, -0.15) is 0 Å². The van der Waals surface area contributed by atoms with Crippen molar-refractivity contribution in [1.29, 1.82) is 0 Å². The van der Waals surface area contributed by atoms with E-state index in [1.165, 1.54) is 6.42 Å². The van der Waals surface area contributed by atoms with Gasteiger partial charge >= 0.3 is 0 Å². The van der Waals surface area contributed by atoms with Crippen LogP contribution < -0.4 is 10.9 Å². The molecule has 1 aromatic heterocycles. The van der Waals surface area contributed by atoms with Crippen LogP contribution in [0.1, 0.15) is 17.7 Å². The second-order valence-corrected chi connectivity index (χ2v) is 4.10. The first kappa shape index (κ1) is 9.52. The number of aromatic nitrogens is 2. The van der Waals surface area contributed by atoms with Crippen LogP contribution in [0.5, 0.6) is 0 Å². The third-order valence-corrected chi connectivity index (χ3v) is 3.02. The van der Waals surface area contributed by atoms with E-state index in [9.17, 15) is 4.79 Å². The molecule has 1 aliphatic rings. The molecule has 0 spiro atoms. The van der Waals surface area contributed by atoms with E-state index in [1.807, 2.05) is 7.05 Å². The molecular weight excluding hydrogens is 178 g/mol. The molecule has 1 atom stereocenters. The molecule has 1 heterocycles. The zero-order valence-corrected chi connectivity index (χ0v) is 8.76. The molecule has 2 N–H and O–H groups in total. The highest BCUT2D eigenvalue weighted by Gasteiger charge is 2.22. The van der Waals surface area contributed by atoms with Crippen LogP contribution in [0, 0.1) is 5.92 Å². The number of aromatic amines is 1. The van der Waals surface area contributed by atoms with Crippen molar-refractivity contribution in [3.8, 4) is 0 Å². The number of nitrogens with one attached hydrogen (secondary N) is 2. The van der Waals surface area contributed by atoms with Crippen LogP contribution in [0.15, 0.2) is 4.79 Å². The van der Waals surface area contributed by atoms with E-state index < -0.39 is 0 Å². The number of hydrogen-bond acceptors (Lipinski definition) is 2. The summed E-state index contributed by atoms with van der Waals surface area (Å²) in [5.74, 6) is 0.621.